The Kier molecular flexibility index (Phi) is 4.00. The van der Waals surface area contributed by atoms with Gasteiger partial charge in [0, 0.05) is 13.0 Å². The Morgan fingerprint density at radius 2 is 2.44 bits per heavy atom. The molecule has 0 aromatic carbocycles. The normalized spacial score (nSPS) is 25.2. The number of methoxy groups -OCH3 is 1. The highest BCUT2D eigenvalue weighted by molar-refractivity contribution is 9.10. The summed E-state index contributed by atoms with van der Waals surface area (Å²) < 4.78 is 8.09. The highest BCUT2D eigenvalue weighted by atomic mass is 79.9. The second kappa shape index (κ2) is 5.29. The minimum absolute atomic E-state index is 0.150. The van der Waals surface area contributed by atoms with Crippen LogP contribution in [0.4, 0.5) is 0 Å². The summed E-state index contributed by atoms with van der Waals surface area (Å²) in [7, 11) is 1.69. The van der Waals surface area contributed by atoms with Crippen molar-refractivity contribution in [3.63, 3.8) is 0 Å². The molecular weight excluding hydrogens is 272 g/mol. The van der Waals surface area contributed by atoms with Crippen LogP contribution in [0.2, 0.25) is 0 Å². The van der Waals surface area contributed by atoms with Crippen molar-refractivity contribution in [3.8, 4) is 0 Å². The van der Waals surface area contributed by atoms with Gasteiger partial charge in [-0.3, -0.25) is 4.68 Å². The van der Waals surface area contributed by atoms with Crippen LogP contribution in [0.3, 0.4) is 0 Å². The molecule has 2 atom stereocenters. The van der Waals surface area contributed by atoms with E-state index in [-0.39, 0.29) is 6.10 Å². The van der Waals surface area contributed by atoms with Crippen LogP contribution in [-0.2, 0) is 11.3 Å². The van der Waals surface area contributed by atoms with Gasteiger partial charge in [-0.05, 0) is 35.2 Å². The number of aliphatic hydroxyl groups excluding tert-OH is 1. The number of ether oxygens (including phenoxy) is 1. The molecule has 90 valence electrons. The minimum Gasteiger partial charge on any atom is -0.393 e. The molecule has 0 bridgehead atoms. The maximum Gasteiger partial charge on any atom is 0.0658 e. The van der Waals surface area contributed by atoms with Gasteiger partial charge in [0.1, 0.15) is 0 Å². The molecule has 0 aliphatic heterocycles. The lowest BCUT2D eigenvalue weighted by Gasteiger charge is -2.13. The average molecular weight is 289 g/mol. The van der Waals surface area contributed by atoms with E-state index in [4.69, 9.17) is 4.74 Å². The molecular formula is C11H17BrN2O2. The second-order valence-corrected chi connectivity index (χ2v) is 5.11. The number of hydrogen-bond acceptors (Lipinski definition) is 3. The van der Waals surface area contributed by atoms with Gasteiger partial charge in [0.15, 0.2) is 0 Å². The molecule has 4 nitrogen and oxygen atoms in total. The standard InChI is InChI=1S/C11H17BrN2O2/c1-16-5-4-14-11(10(12)7-13-14)8-2-3-9(15)6-8/h7-9,15H,2-6H2,1H3. The van der Waals surface area contributed by atoms with Gasteiger partial charge in [-0.1, -0.05) is 0 Å². The molecule has 5 heteroatoms. The molecule has 1 N–H and O–H groups in total. The number of hydrogen-bond donors (Lipinski definition) is 1. The molecule has 1 fully saturated rings. The number of aromatic nitrogens is 2. The van der Waals surface area contributed by atoms with E-state index in [1.165, 1.54) is 5.69 Å². The van der Waals surface area contributed by atoms with Crippen LogP contribution in [0.25, 0.3) is 0 Å². The highest BCUT2D eigenvalue weighted by Crippen LogP contribution is 2.37. The number of rotatable bonds is 4. The fourth-order valence-electron chi connectivity index (χ4n) is 2.34. The smallest absolute Gasteiger partial charge is 0.0658 e. The van der Waals surface area contributed by atoms with Crippen molar-refractivity contribution in [1.29, 1.82) is 0 Å². The quantitative estimate of drug-likeness (QED) is 0.921. The summed E-state index contributed by atoms with van der Waals surface area (Å²) >= 11 is 3.53. The van der Waals surface area contributed by atoms with Crippen molar-refractivity contribution in [2.75, 3.05) is 13.7 Å². The maximum atomic E-state index is 9.59. The van der Waals surface area contributed by atoms with E-state index in [1.807, 2.05) is 10.9 Å². The van der Waals surface area contributed by atoms with Gasteiger partial charge < -0.3 is 9.84 Å². The first-order valence-corrected chi connectivity index (χ1v) is 6.40. The zero-order valence-corrected chi connectivity index (χ0v) is 11.0. The summed E-state index contributed by atoms with van der Waals surface area (Å²) in [5, 5.41) is 13.9. The first-order chi connectivity index (χ1) is 7.72. The molecule has 0 spiro atoms. The fourth-order valence-corrected chi connectivity index (χ4v) is 2.96. The Morgan fingerprint density at radius 3 is 3.06 bits per heavy atom. The Balaban J connectivity index is 2.14. The molecule has 2 unspecified atom stereocenters. The monoisotopic (exact) mass is 288 g/mol. The van der Waals surface area contributed by atoms with E-state index >= 15 is 0 Å². The Morgan fingerprint density at radius 1 is 1.62 bits per heavy atom. The number of nitrogens with zero attached hydrogens (tertiary/aromatic N) is 2. The Hall–Kier alpha value is -0.390. The molecule has 0 radical (unpaired) electrons. The van der Waals surface area contributed by atoms with Gasteiger partial charge in [0.25, 0.3) is 0 Å². The molecule has 2 rings (SSSR count). The third kappa shape index (κ3) is 2.47. The molecule has 1 aliphatic carbocycles. The molecule has 1 saturated carbocycles. The number of halogens is 1. The molecule has 0 saturated heterocycles. The maximum absolute atomic E-state index is 9.59. The van der Waals surface area contributed by atoms with E-state index in [9.17, 15) is 5.11 Å². The SMILES string of the molecule is COCCn1ncc(Br)c1C1CCC(O)C1. The van der Waals surface area contributed by atoms with E-state index < -0.39 is 0 Å². The van der Waals surface area contributed by atoms with Crippen LogP contribution < -0.4 is 0 Å². The summed E-state index contributed by atoms with van der Waals surface area (Å²) in [6.07, 6.45) is 4.46. The lowest BCUT2D eigenvalue weighted by molar-refractivity contribution is 0.177. The first-order valence-electron chi connectivity index (χ1n) is 5.60. The molecule has 0 amide bonds. The van der Waals surface area contributed by atoms with E-state index in [2.05, 4.69) is 21.0 Å². The van der Waals surface area contributed by atoms with Crippen LogP contribution in [0.1, 0.15) is 30.9 Å². The second-order valence-electron chi connectivity index (χ2n) is 4.26. The summed E-state index contributed by atoms with van der Waals surface area (Å²) in [5.74, 6) is 0.420. The summed E-state index contributed by atoms with van der Waals surface area (Å²) in [6, 6.07) is 0. The predicted octanol–water partition coefficient (Wildman–Crippen LogP) is 1.92. The molecule has 1 aromatic heterocycles. The van der Waals surface area contributed by atoms with Crippen LogP contribution in [0.15, 0.2) is 10.7 Å². The molecule has 1 heterocycles. The molecule has 16 heavy (non-hydrogen) atoms. The van der Waals surface area contributed by atoms with Gasteiger partial charge in [-0.15, -0.1) is 0 Å². The van der Waals surface area contributed by atoms with Crippen LogP contribution in [-0.4, -0.2) is 34.7 Å². The summed E-state index contributed by atoms with van der Waals surface area (Å²) in [4.78, 5) is 0. The molecule has 1 aromatic rings. The van der Waals surface area contributed by atoms with Gasteiger partial charge in [-0.25, -0.2) is 0 Å². The Labute approximate surface area is 104 Å². The van der Waals surface area contributed by atoms with Crippen molar-refractivity contribution in [2.24, 2.45) is 0 Å². The van der Waals surface area contributed by atoms with Crippen molar-refractivity contribution < 1.29 is 9.84 Å². The topological polar surface area (TPSA) is 47.3 Å². The predicted molar refractivity (Wildman–Crippen MR) is 64.4 cm³/mol. The fraction of sp³-hybridized carbons (Fsp3) is 0.727. The first kappa shape index (κ1) is 12.1. The van der Waals surface area contributed by atoms with Gasteiger partial charge in [-0.2, -0.15) is 5.10 Å². The van der Waals surface area contributed by atoms with Crippen molar-refractivity contribution in [3.05, 3.63) is 16.4 Å². The van der Waals surface area contributed by atoms with Crippen molar-refractivity contribution in [1.82, 2.24) is 9.78 Å². The minimum atomic E-state index is -0.150. The third-order valence-corrected chi connectivity index (χ3v) is 3.74. The zero-order chi connectivity index (χ0) is 11.5. The summed E-state index contributed by atoms with van der Waals surface area (Å²) in [5.41, 5.74) is 1.20. The Bertz CT molecular complexity index is 354. The van der Waals surface area contributed by atoms with E-state index in [0.29, 0.717) is 12.5 Å². The lowest BCUT2D eigenvalue weighted by Crippen LogP contribution is -2.12. The van der Waals surface area contributed by atoms with Crippen molar-refractivity contribution in [2.45, 2.75) is 37.8 Å². The van der Waals surface area contributed by atoms with Crippen molar-refractivity contribution >= 4 is 15.9 Å². The van der Waals surface area contributed by atoms with Gasteiger partial charge >= 0.3 is 0 Å². The number of aliphatic hydroxyl groups is 1. The van der Waals surface area contributed by atoms with Gasteiger partial charge in [0.2, 0.25) is 0 Å². The van der Waals surface area contributed by atoms with Gasteiger partial charge in [0.05, 0.1) is 35.6 Å². The molecule has 1 aliphatic rings. The van der Waals surface area contributed by atoms with E-state index in [0.717, 1.165) is 30.3 Å². The van der Waals surface area contributed by atoms with Crippen LogP contribution in [0, 0.1) is 0 Å². The lowest BCUT2D eigenvalue weighted by atomic mass is 10.0. The van der Waals surface area contributed by atoms with Crippen LogP contribution >= 0.6 is 15.9 Å². The summed E-state index contributed by atoms with van der Waals surface area (Å²) in [6.45, 7) is 1.43. The third-order valence-electron chi connectivity index (χ3n) is 3.13. The van der Waals surface area contributed by atoms with E-state index in [1.54, 1.807) is 7.11 Å². The zero-order valence-electron chi connectivity index (χ0n) is 9.40. The average Bonchev–Trinajstić information content (AvgIpc) is 2.82. The highest BCUT2D eigenvalue weighted by Gasteiger charge is 2.28. The van der Waals surface area contributed by atoms with Crippen LogP contribution in [0.5, 0.6) is 0 Å². The largest absolute Gasteiger partial charge is 0.393 e.